The highest BCUT2D eigenvalue weighted by atomic mass is 32.2. The first kappa shape index (κ1) is 11.6. The summed E-state index contributed by atoms with van der Waals surface area (Å²) in [4.78, 5) is 1.17. The zero-order chi connectivity index (χ0) is 12.5. The second kappa shape index (κ2) is 4.65. The van der Waals surface area contributed by atoms with Gasteiger partial charge in [-0.15, -0.1) is 11.8 Å². The summed E-state index contributed by atoms with van der Waals surface area (Å²) in [6, 6.07) is 5.20. The van der Waals surface area contributed by atoms with Crippen molar-refractivity contribution < 1.29 is 4.39 Å². The summed E-state index contributed by atoms with van der Waals surface area (Å²) in [7, 11) is 1.88. The minimum Gasteiger partial charge on any atom is -0.376 e. The molecular formula is C13H14FN3S. The van der Waals surface area contributed by atoms with Crippen molar-refractivity contribution in [2.24, 2.45) is 7.05 Å². The zero-order valence-electron chi connectivity index (χ0n) is 10.1. The van der Waals surface area contributed by atoms with Crippen LogP contribution in [0.2, 0.25) is 0 Å². The molecule has 0 aliphatic carbocycles. The van der Waals surface area contributed by atoms with E-state index in [-0.39, 0.29) is 11.9 Å². The van der Waals surface area contributed by atoms with Gasteiger partial charge < -0.3 is 5.32 Å². The Bertz CT molecular complexity index is 567. The van der Waals surface area contributed by atoms with Gasteiger partial charge in [0.25, 0.3) is 0 Å². The third-order valence-corrected chi connectivity index (χ3v) is 4.18. The molecule has 3 rings (SSSR count). The van der Waals surface area contributed by atoms with Crippen LogP contribution in [0.4, 0.5) is 10.1 Å². The predicted octanol–water partition coefficient (Wildman–Crippen LogP) is 3.21. The Hall–Kier alpha value is -1.49. The highest BCUT2D eigenvalue weighted by molar-refractivity contribution is 7.99. The molecule has 94 valence electrons. The Morgan fingerprint density at radius 3 is 3.17 bits per heavy atom. The lowest BCUT2D eigenvalue weighted by molar-refractivity contribution is 0.616. The standard InChI is InChI=1S/C13H14FN3S/c1-17-8-10(7-15-17)16-12-4-5-18-13-3-2-9(14)6-11(12)13/h2-3,6-8,12,16H,4-5H2,1H3/t12-/m1/s1. The Morgan fingerprint density at radius 2 is 2.39 bits per heavy atom. The number of hydrogen-bond donors (Lipinski definition) is 1. The molecule has 1 aliphatic heterocycles. The van der Waals surface area contributed by atoms with Crippen LogP contribution < -0.4 is 5.32 Å². The maximum Gasteiger partial charge on any atom is 0.123 e. The molecule has 3 nitrogen and oxygen atoms in total. The van der Waals surface area contributed by atoms with Crippen LogP contribution in [0.5, 0.6) is 0 Å². The number of fused-ring (bicyclic) bond motifs is 1. The maximum atomic E-state index is 13.4. The van der Waals surface area contributed by atoms with E-state index in [4.69, 9.17) is 0 Å². The van der Waals surface area contributed by atoms with Crippen LogP contribution in [0.1, 0.15) is 18.0 Å². The van der Waals surface area contributed by atoms with Crippen molar-refractivity contribution in [1.82, 2.24) is 9.78 Å². The summed E-state index contributed by atoms with van der Waals surface area (Å²) in [6.07, 6.45) is 4.72. The zero-order valence-corrected chi connectivity index (χ0v) is 10.9. The van der Waals surface area contributed by atoms with Crippen molar-refractivity contribution in [1.29, 1.82) is 0 Å². The Labute approximate surface area is 109 Å². The number of aromatic nitrogens is 2. The van der Waals surface area contributed by atoms with Gasteiger partial charge >= 0.3 is 0 Å². The average Bonchev–Trinajstić information content (AvgIpc) is 2.76. The third kappa shape index (κ3) is 2.22. The van der Waals surface area contributed by atoms with Crippen LogP contribution in [0.25, 0.3) is 0 Å². The molecule has 18 heavy (non-hydrogen) atoms. The van der Waals surface area contributed by atoms with Gasteiger partial charge in [0.1, 0.15) is 5.82 Å². The molecule has 2 heterocycles. The number of nitrogens with one attached hydrogen (secondary N) is 1. The van der Waals surface area contributed by atoms with Gasteiger partial charge in [-0.25, -0.2) is 4.39 Å². The van der Waals surface area contributed by atoms with E-state index in [9.17, 15) is 4.39 Å². The third-order valence-electron chi connectivity index (χ3n) is 3.06. The van der Waals surface area contributed by atoms with Crippen LogP contribution in [-0.4, -0.2) is 15.5 Å². The van der Waals surface area contributed by atoms with Crippen LogP contribution in [0.15, 0.2) is 35.5 Å². The van der Waals surface area contributed by atoms with E-state index in [0.29, 0.717) is 0 Å². The summed E-state index contributed by atoms with van der Waals surface area (Å²) in [6.45, 7) is 0. The normalized spacial score (nSPS) is 18.4. The van der Waals surface area contributed by atoms with Crippen LogP contribution in [-0.2, 0) is 7.05 Å². The Kier molecular flexibility index (Phi) is 2.99. The molecule has 0 amide bonds. The number of benzene rings is 1. The quantitative estimate of drug-likeness (QED) is 0.902. The highest BCUT2D eigenvalue weighted by Gasteiger charge is 2.21. The van der Waals surface area contributed by atoms with Crippen molar-refractivity contribution in [2.45, 2.75) is 17.4 Å². The van der Waals surface area contributed by atoms with Crippen LogP contribution >= 0.6 is 11.8 Å². The highest BCUT2D eigenvalue weighted by Crippen LogP contribution is 2.38. The lowest BCUT2D eigenvalue weighted by atomic mass is 10.0. The topological polar surface area (TPSA) is 29.9 Å². The number of halogens is 1. The number of rotatable bonds is 2. The average molecular weight is 263 g/mol. The molecule has 1 N–H and O–H groups in total. The van der Waals surface area contributed by atoms with Gasteiger partial charge in [0.05, 0.1) is 17.9 Å². The summed E-state index contributed by atoms with van der Waals surface area (Å²) >= 11 is 1.79. The van der Waals surface area contributed by atoms with Crippen molar-refractivity contribution >= 4 is 17.4 Å². The van der Waals surface area contributed by atoms with E-state index < -0.39 is 0 Å². The maximum absolute atomic E-state index is 13.4. The predicted molar refractivity (Wildman–Crippen MR) is 71.3 cm³/mol. The fourth-order valence-electron chi connectivity index (χ4n) is 2.21. The van der Waals surface area contributed by atoms with Gasteiger partial charge in [-0.2, -0.15) is 5.10 Å². The molecule has 2 aromatic rings. The first-order chi connectivity index (χ1) is 8.72. The first-order valence-corrected chi connectivity index (χ1v) is 6.88. The fourth-order valence-corrected chi connectivity index (χ4v) is 3.32. The summed E-state index contributed by atoms with van der Waals surface area (Å²) in [5, 5.41) is 7.55. The molecule has 0 saturated heterocycles. The van der Waals surface area contributed by atoms with Crippen molar-refractivity contribution in [3.05, 3.63) is 42.0 Å². The second-order valence-electron chi connectivity index (χ2n) is 4.42. The number of aryl methyl sites for hydroxylation is 1. The van der Waals surface area contributed by atoms with Crippen molar-refractivity contribution in [3.63, 3.8) is 0 Å². The van der Waals surface area contributed by atoms with Crippen molar-refractivity contribution in [3.8, 4) is 0 Å². The minimum atomic E-state index is -0.172. The van der Waals surface area contributed by atoms with Gasteiger partial charge in [-0.3, -0.25) is 4.68 Å². The molecule has 5 heteroatoms. The lowest BCUT2D eigenvalue weighted by Crippen LogP contribution is -2.16. The number of hydrogen-bond acceptors (Lipinski definition) is 3. The van der Waals surface area contributed by atoms with Crippen LogP contribution in [0.3, 0.4) is 0 Å². The summed E-state index contributed by atoms with van der Waals surface area (Å²) in [5.74, 6) is 0.880. The molecule has 0 spiro atoms. The molecule has 0 radical (unpaired) electrons. The summed E-state index contributed by atoms with van der Waals surface area (Å²) in [5.41, 5.74) is 2.03. The molecule has 0 bridgehead atoms. The van der Waals surface area contributed by atoms with E-state index in [1.165, 1.54) is 11.0 Å². The minimum absolute atomic E-state index is 0.168. The number of nitrogens with zero attached hydrogens (tertiary/aromatic N) is 2. The van der Waals surface area contributed by atoms with Crippen molar-refractivity contribution in [2.75, 3.05) is 11.1 Å². The number of anilines is 1. The Balaban J connectivity index is 1.88. The molecule has 0 unspecified atom stereocenters. The van der Waals surface area contributed by atoms with Gasteiger partial charge in [0.15, 0.2) is 0 Å². The van der Waals surface area contributed by atoms with E-state index in [1.54, 1.807) is 28.7 Å². The molecule has 1 atom stereocenters. The van der Waals surface area contributed by atoms with E-state index in [2.05, 4.69) is 10.4 Å². The van der Waals surface area contributed by atoms with E-state index in [1.807, 2.05) is 19.3 Å². The van der Waals surface area contributed by atoms with Gasteiger partial charge in [-0.1, -0.05) is 0 Å². The lowest BCUT2D eigenvalue weighted by Gasteiger charge is -2.26. The first-order valence-electron chi connectivity index (χ1n) is 5.90. The number of thioether (sulfide) groups is 1. The molecule has 1 aromatic carbocycles. The molecule has 0 fully saturated rings. The van der Waals surface area contributed by atoms with Gasteiger partial charge in [0, 0.05) is 23.9 Å². The molecule has 1 aromatic heterocycles. The molecule has 0 saturated carbocycles. The second-order valence-corrected chi connectivity index (χ2v) is 5.56. The van der Waals surface area contributed by atoms with Gasteiger partial charge in [-0.05, 0) is 30.2 Å². The van der Waals surface area contributed by atoms with Crippen LogP contribution in [0, 0.1) is 5.82 Å². The van der Waals surface area contributed by atoms with E-state index >= 15 is 0 Å². The smallest absolute Gasteiger partial charge is 0.123 e. The van der Waals surface area contributed by atoms with E-state index in [0.717, 1.165) is 23.4 Å². The molecule has 1 aliphatic rings. The van der Waals surface area contributed by atoms with Gasteiger partial charge in [0.2, 0.25) is 0 Å². The largest absolute Gasteiger partial charge is 0.376 e. The summed E-state index contributed by atoms with van der Waals surface area (Å²) < 4.78 is 15.1. The molecular weight excluding hydrogens is 249 g/mol. The Morgan fingerprint density at radius 1 is 1.50 bits per heavy atom. The monoisotopic (exact) mass is 263 g/mol. The fraction of sp³-hybridized carbons (Fsp3) is 0.308. The SMILES string of the molecule is Cn1cc(N[C@@H]2CCSc3ccc(F)cc32)cn1.